The van der Waals surface area contributed by atoms with Gasteiger partial charge in [0.2, 0.25) is 17.7 Å². The van der Waals surface area contributed by atoms with Crippen LogP contribution in [0.3, 0.4) is 0 Å². The molecule has 0 aliphatic carbocycles. The van der Waals surface area contributed by atoms with E-state index in [4.69, 9.17) is 15.3 Å². The molecule has 0 radical (unpaired) electrons. The number of likely N-dealkylation sites (N-methyl/N-ethyl adjacent to an activating group) is 1. The molecule has 6 amide bonds. The maximum atomic E-state index is 12.7. The van der Waals surface area contributed by atoms with Crippen molar-refractivity contribution in [3.8, 4) is 0 Å². The summed E-state index contributed by atoms with van der Waals surface area (Å²) >= 11 is 0. The Morgan fingerprint density at radius 2 is 1.45 bits per heavy atom. The lowest BCUT2D eigenvalue weighted by Gasteiger charge is -2.43. The molecular weight excluding hydrogens is 645 g/mol. The third-order valence-corrected chi connectivity index (χ3v) is 12.9. The fraction of sp³-hybridized carbons (Fsp3) is 0.343. The van der Waals surface area contributed by atoms with Crippen LogP contribution in [0.15, 0.2) is 84.9 Å². The third-order valence-electron chi connectivity index (χ3n) is 7.91. The van der Waals surface area contributed by atoms with Crippen molar-refractivity contribution in [3.63, 3.8) is 0 Å². The van der Waals surface area contributed by atoms with E-state index in [0.717, 1.165) is 10.5 Å². The lowest BCUT2D eigenvalue weighted by atomic mass is 10.1. The molecule has 49 heavy (non-hydrogen) atoms. The number of hydrogen-bond donors (Lipinski definition) is 6. The summed E-state index contributed by atoms with van der Waals surface area (Å²) in [7, 11) is -1.30. The predicted molar refractivity (Wildman–Crippen MR) is 190 cm³/mol. The van der Waals surface area contributed by atoms with Crippen LogP contribution in [0, 0.1) is 0 Å². The van der Waals surface area contributed by atoms with Gasteiger partial charge in [0, 0.05) is 19.3 Å². The largest absolute Gasteiger partial charge is 0.465 e. The average Bonchev–Trinajstić information content (AvgIpc) is 3.06. The maximum Gasteiger partial charge on any atom is 0.405 e. The molecule has 0 fully saturated rings. The zero-order valence-electron chi connectivity index (χ0n) is 28.3. The second-order valence-electron chi connectivity index (χ2n) is 12.6. The SMILES string of the molecule is CN(CC(=O)Nc1ccc(CO[Si](c2ccccc2)(c2ccccc2)C(C)(C)C)cc1)C(=O)CNC(=O)C(CCCNC(N)=O)NC(=O)O. The summed E-state index contributed by atoms with van der Waals surface area (Å²) in [5, 5.41) is 20.9. The van der Waals surface area contributed by atoms with Crippen molar-refractivity contribution in [3.05, 3.63) is 90.5 Å². The van der Waals surface area contributed by atoms with E-state index < -0.39 is 50.7 Å². The number of nitrogens with two attached hydrogens (primary N) is 1. The van der Waals surface area contributed by atoms with Crippen LogP contribution < -0.4 is 37.4 Å². The van der Waals surface area contributed by atoms with E-state index in [2.05, 4.69) is 66.3 Å². The van der Waals surface area contributed by atoms with Gasteiger partial charge in [0.25, 0.3) is 8.32 Å². The molecule has 0 aliphatic heterocycles. The first-order chi connectivity index (χ1) is 23.2. The molecule has 3 aromatic rings. The number of urea groups is 1. The van der Waals surface area contributed by atoms with Crippen LogP contribution in [-0.4, -0.2) is 80.9 Å². The number of carbonyl (C=O) groups is 5. The minimum absolute atomic E-state index is 0.0647. The summed E-state index contributed by atoms with van der Waals surface area (Å²) in [5.74, 6) is -1.71. The van der Waals surface area contributed by atoms with Crippen LogP contribution in [0.25, 0.3) is 0 Å². The van der Waals surface area contributed by atoms with Crippen LogP contribution >= 0.6 is 0 Å². The summed E-state index contributed by atoms with van der Waals surface area (Å²) in [6.07, 6.45) is -1.08. The first-order valence-electron chi connectivity index (χ1n) is 15.9. The normalized spacial score (nSPS) is 11.9. The molecular formula is C35H46N6O7Si. The fourth-order valence-electron chi connectivity index (χ4n) is 5.50. The van der Waals surface area contributed by atoms with Gasteiger partial charge in [-0.15, -0.1) is 0 Å². The Labute approximate surface area is 287 Å². The maximum absolute atomic E-state index is 12.7. The van der Waals surface area contributed by atoms with Crippen LogP contribution in [-0.2, 0) is 25.4 Å². The minimum atomic E-state index is -2.72. The van der Waals surface area contributed by atoms with Crippen molar-refractivity contribution in [2.45, 2.75) is 51.3 Å². The van der Waals surface area contributed by atoms with E-state index in [1.807, 2.05) is 48.5 Å². The molecule has 3 aromatic carbocycles. The highest BCUT2D eigenvalue weighted by Crippen LogP contribution is 2.37. The first kappa shape index (κ1) is 38.2. The van der Waals surface area contributed by atoms with E-state index >= 15 is 0 Å². The van der Waals surface area contributed by atoms with Gasteiger partial charge in [-0.1, -0.05) is 93.6 Å². The number of anilines is 1. The molecule has 14 heteroatoms. The van der Waals surface area contributed by atoms with Gasteiger partial charge in [-0.05, 0) is 45.9 Å². The molecule has 0 heterocycles. The zero-order valence-corrected chi connectivity index (χ0v) is 29.3. The number of hydrogen-bond acceptors (Lipinski definition) is 6. The summed E-state index contributed by atoms with van der Waals surface area (Å²) in [5.41, 5.74) is 6.48. The standard InChI is InChI=1S/C35H46N6O7Si/c1-35(2,3)49(27-12-7-5-8-13-27,28-14-9-6-10-15-28)48-24-25-17-19-26(20-18-25)39-30(42)23-41(4)31(43)22-38-32(44)29(40-34(46)47)16-11-21-37-33(36)45/h5-10,12-15,17-20,29,40H,11,16,21-24H2,1-4H3,(H,38,44)(H,39,42)(H,46,47)(H3,36,37,45). The third kappa shape index (κ3) is 11.2. The van der Waals surface area contributed by atoms with E-state index in [0.29, 0.717) is 12.3 Å². The highest BCUT2D eigenvalue weighted by molar-refractivity contribution is 6.99. The lowest BCUT2D eigenvalue weighted by molar-refractivity contribution is -0.134. The van der Waals surface area contributed by atoms with Gasteiger partial charge in [0.15, 0.2) is 0 Å². The van der Waals surface area contributed by atoms with E-state index in [-0.39, 0.29) is 31.0 Å². The van der Waals surface area contributed by atoms with Gasteiger partial charge < -0.3 is 41.4 Å². The Morgan fingerprint density at radius 3 is 1.96 bits per heavy atom. The van der Waals surface area contributed by atoms with Gasteiger partial charge in [0.1, 0.15) is 6.04 Å². The van der Waals surface area contributed by atoms with Gasteiger partial charge in [-0.2, -0.15) is 0 Å². The number of benzene rings is 3. The van der Waals surface area contributed by atoms with Crippen LogP contribution in [0.2, 0.25) is 5.04 Å². The topological polar surface area (TPSA) is 192 Å². The minimum Gasteiger partial charge on any atom is -0.465 e. The molecule has 7 N–H and O–H groups in total. The van der Waals surface area contributed by atoms with Crippen molar-refractivity contribution in [2.24, 2.45) is 5.73 Å². The molecule has 0 aliphatic rings. The molecule has 0 aromatic heterocycles. The average molecular weight is 691 g/mol. The Balaban J connectivity index is 1.56. The quantitative estimate of drug-likeness (QED) is 0.0982. The molecule has 262 valence electrons. The molecule has 1 atom stereocenters. The monoisotopic (exact) mass is 690 g/mol. The van der Waals surface area contributed by atoms with Crippen molar-refractivity contribution in [2.75, 3.05) is 32.0 Å². The molecule has 0 spiro atoms. The Morgan fingerprint density at radius 1 is 0.878 bits per heavy atom. The smallest absolute Gasteiger partial charge is 0.405 e. The summed E-state index contributed by atoms with van der Waals surface area (Å²) in [6.45, 7) is 6.46. The predicted octanol–water partition coefficient (Wildman–Crippen LogP) is 2.36. The van der Waals surface area contributed by atoms with Crippen LogP contribution in [0.1, 0.15) is 39.2 Å². The van der Waals surface area contributed by atoms with Crippen molar-refractivity contribution < 1.29 is 33.5 Å². The Bertz CT molecular complexity index is 1530. The van der Waals surface area contributed by atoms with Crippen molar-refractivity contribution >= 4 is 54.2 Å². The van der Waals surface area contributed by atoms with Gasteiger partial charge in [-0.3, -0.25) is 14.4 Å². The van der Waals surface area contributed by atoms with Gasteiger partial charge in [0.05, 0.1) is 19.7 Å². The number of carbonyl (C=O) groups excluding carboxylic acids is 4. The summed E-state index contributed by atoms with van der Waals surface area (Å²) in [6, 6.07) is 26.2. The van der Waals surface area contributed by atoms with E-state index in [9.17, 15) is 24.0 Å². The first-order valence-corrected chi connectivity index (χ1v) is 17.8. The molecule has 0 saturated carbocycles. The molecule has 1 unspecified atom stereocenters. The number of nitrogens with zero attached hydrogens (tertiary/aromatic N) is 1. The number of rotatable bonds is 16. The van der Waals surface area contributed by atoms with Crippen LogP contribution in [0.4, 0.5) is 15.3 Å². The van der Waals surface area contributed by atoms with E-state index in [1.165, 1.54) is 17.4 Å². The fourth-order valence-corrected chi connectivity index (χ4v) is 10.0. The highest BCUT2D eigenvalue weighted by Gasteiger charge is 2.50. The number of carboxylic acid groups (broad SMARTS) is 1. The zero-order chi connectivity index (χ0) is 36.0. The lowest BCUT2D eigenvalue weighted by Crippen LogP contribution is -2.66. The molecule has 0 bridgehead atoms. The number of nitrogens with one attached hydrogen (secondary N) is 4. The molecule has 13 nitrogen and oxygen atoms in total. The molecule has 0 saturated heterocycles. The molecule has 3 rings (SSSR count). The Hall–Kier alpha value is -5.21. The van der Waals surface area contributed by atoms with Gasteiger partial charge in [-0.25, -0.2) is 9.59 Å². The van der Waals surface area contributed by atoms with Crippen molar-refractivity contribution in [1.29, 1.82) is 0 Å². The summed E-state index contributed by atoms with van der Waals surface area (Å²) in [4.78, 5) is 60.9. The second kappa shape index (κ2) is 17.8. The highest BCUT2D eigenvalue weighted by atomic mass is 28.4. The van der Waals surface area contributed by atoms with Gasteiger partial charge >= 0.3 is 12.1 Å². The number of amides is 6. The Kier molecular flexibility index (Phi) is 13.9. The number of primary amides is 1. The van der Waals surface area contributed by atoms with Crippen LogP contribution in [0.5, 0.6) is 0 Å². The van der Waals surface area contributed by atoms with Crippen molar-refractivity contribution in [1.82, 2.24) is 20.9 Å². The second-order valence-corrected chi connectivity index (χ2v) is 16.9. The van der Waals surface area contributed by atoms with E-state index in [1.54, 1.807) is 12.1 Å². The summed E-state index contributed by atoms with van der Waals surface area (Å²) < 4.78 is 6.98.